The number of imidazole rings is 1. The van der Waals surface area contributed by atoms with Gasteiger partial charge < -0.3 is 9.88 Å². The van der Waals surface area contributed by atoms with Gasteiger partial charge in [0.25, 0.3) is 0 Å². The molecule has 0 aliphatic carbocycles. The summed E-state index contributed by atoms with van der Waals surface area (Å²) in [7, 11) is 0. The third kappa shape index (κ3) is 3.26. The largest absolute Gasteiger partial charge is 0.325 e. The first-order valence-electron chi connectivity index (χ1n) is 6.42. The fourth-order valence-corrected chi connectivity index (χ4v) is 1.88. The van der Waals surface area contributed by atoms with E-state index in [0.29, 0.717) is 5.69 Å². The molecule has 0 aliphatic heterocycles. The summed E-state index contributed by atoms with van der Waals surface area (Å²) in [6.45, 7) is 2.00. The maximum absolute atomic E-state index is 12.0. The second-order valence-corrected chi connectivity index (χ2v) is 4.39. The van der Waals surface area contributed by atoms with E-state index in [1.165, 1.54) is 16.5 Å². The third-order valence-corrected chi connectivity index (χ3v) is 3.01. The second-order valence-electron chi connectivity index (χ2n) is 4.39. The van der Waals surface area contributed by atoms with Gasteiger partial charge in [-0.2, -0.15) is 10.5 Å². The van der Waals surface area contributed by atoms with E-state index in [-0.39, 0.29) is 23.8 Å². The summed E-state index contributed by atoms with van der Waals surface area (Å²) in [6.07, 6.45) is 2.25. The van der Waals surface area contributed by atoms with E-state index < -0.39 is 0 Å². The summed E-state index contributed by atoms with van der Waals surface area (Å²) in [5.41, 5.74) is 2.00. The van der Waals surface area contributed by atoms with Crippen molar-refractivity contribution in [1.82, 2.24) is 9.55 Å². The second kappa shape index (κ2) is 6.36. The van der Waals surface area contributed by atoms with Crippen LogP contribution < -0.4 is 5.32 Å². The third-order valence-electron chi connectivity index (χ3n) is 3.01. The van der Waals surface area contributed by atoms with Crippen molar-refractivity contribution in [3.63, 3.8) is 0 Å². The minimum atomic E-state index is -0.280. The molecular formula is C15H13N5O. The number of benzene rings is 1. The average molecular weight is 279 g/mol. The van der Waals surface area contributed by atoms with Gasteiger partial charge in [-0.3, -0.25) is 4.79 Å². The van der Waals surface area contributed by atoms with Crippen LogP contribution in [0, 0.1) is 22.7 Å². The van der Waals surface area contributed by atoms with Crippen molar-refractivity contribution >= 4 is 11.6 Å². The Morgan fingerprint density at radius 1 is 1.29 bits per heavy atom. The molecule has 0 fully saturated rings. The standard InChI is InChI=1S/C15H13N5O/c1-2-11-3-5-12(6-4-11)19-15(21)9-20-10-18-13(7-16)14(20)8-17/h3-6,10H,2,9H2,1H3,(H,19,21). The van der Waals surface area contributed by atoms with Crippen molar-refractivity contribution in [2.45, 2.75) is 19.9 Å². The van der Waals surface area contributed by atoms with E-state index in [1.807, 2.05) is 36.4 Å². The quantitative estimate of drug-likeness (QED) is 0.923. The van der Waals surface area contributed by atoms with Crippen LogP contribution in [0.15, 0.2) is 30.6 Å². The monoisotopic (exact) mass is 279 g/mol. The molecule has 0 unspecified atom stereocenters. The van der Waals surface area contributed by atoms with E-state index in [9.17, 15) is 4.79 Å². The molecule has 0 aliphatic rings. The molecule has 104 valence electrons. The number of hydrogen-bond donors (Lipinski definition) is 1. The van der Waals surface area contributed by atoms with Gasteiger partial charge in [0.15, 0.2) is 11.4 Å². The predicted octanol–water partition coefficient (Wildman–Crippen LogP) is 1.83. The van der Waals surface area contributed by atoms with Gasteiger partial charge in [0, 0.05) is 5.69 Å². The molecule has 0 atom stereocenters. The number of carbonyl (C=O) groups is 1. The van der Waals surface area contributed by atoms with Crippen LogP contribution in [-0.2, 0) is 17.8 Å². The van der Waals surface area contributed by atoms with E-state index in [0.717, 1.165) is 6.42 Å². The number of rotatable bonds is 4. The highest BCUT2D eigenvalue weighted by Gasteiger charge is 2.12. The highest BCUT2D eigenvalue weighted by atomic mass is 16.1. The SMILES string of the molecule is CCc1ccc(NC(=O)Cn2cnc(C#N)c2C#N)cc1. The van der Waals surface area contributed by atoms with Crippen LogP contribution >= 0.6 is 0 Å². The molecule has 1 heterocycles. The smallest absolute Gasteiger partial charge is 0.244 e. The fourth-order valence-electron chi connectivity index (χ4n) is 1.88. The minimum absolute atomic E-state index is 0.0256. The summed E-state index contributed by atoms with van der Waals surface area (Å²) in [6, 6.07) is 11.2. The number of nitrogens with one attached hydrogen (secondary N) is 1. The molecule has 21 heavy (non-hydrogen) atoms. The van der Waals surface area contributed by atoms with Crippen LogP contribution in [0.4, 0.5) is 5.69 Å². The number of amides is 1. The highest BCUT2D eigenvalue weighted by molar-refractivity contribution is 5.90. The van der Waals surface area contributed by atoms with Gasteiger partial charge in [0.2, 0.25) is 5.91 Å². The lowest BCUT2D eigenvalue weighted by molar-refractivity contribution is -0.116. The Kier molecular flexibility index (Phi) is 4.33. The van der Waals surface area contributed by atoms with Crippen LogP contribution in [0.25, 0.3) is 0 Å². The maximum Gasteiger partial charge on any atom is 0.244 e. The van der Waals surface area contributed by atoms with Gasteiger partial charge in [0.1, 0.15) is 18.7 Å². The van der Waals surface area contributed by atoms with Gasteiger partial charge in [-0.1, -0.05) is 19.1 Å². The zero-order chi connectivity index (χ0) is 15.2. The fraction of sp³-hybridized carbons (Fsp3) is 0.200. The minimum Gasteiger partial charge on any atom is -0.325 e. The molecule has 0 radical (unpaired) electrons. The molecule has 0 saturated carbocycles. The van der Waals surface area contributed by atoms with E-state index in [1.54, 1.807) is 0 Å². The van der Waals surface area contributed by atoms with E-state index >= 15 is 0 Å². The Morgan fingerprint density at radius 2 is 2.00 bits per heavy atom. The van der Waals surface area contributed by atoms with Crippen molar-refractivity contribution < 1.29 is 4.79 Å². The molecule has 1 amide bonds. The molecule has 2 aromatic rings. The van der Waals surface area contributed by atoms with Crippen molar-refractivity contribution in [3.05, 3.63) is 47.5 Å². The summed E-state index contributed by atoms with van der Waals surface area (Å²) in [5.74, 6) is -0.280. The lowest BCUT2D eigenvalue weighted by Gasteiger charge is -2.07. The molecule has 0 saturated heterocycles. The van der Waals surface area contributed by atoms with Crippen molar-refractivity contribution in [2.75, 3.05) is 5.32 Å². The van der Waals surface area contributed by atoms with Crippen LogP contribution in [0.2, 0.25) is 0 Å². The van der Waals surface area contributed by atoms with Gasteiger partial charge in [-0.25, -0.2) is 4.98 Å². The molecule has 0 spiro atoms. The van der Waals surface area contributed by atoms with Gasteiger partial charge >= 0.3 is 0 Å². The lowest BCUT2D eigenvalue weighted by Crippen LogP contribution is -2.19. The lowest BCUT2D eigenvalue weighted by atomic mass is 10.1. The number of anilines is 1. The molecule has 0 bridgehead atoms. The summed E-state index contributed by atoms with van der Waals surface area (Å²) in [5, 5.41) is 20.5. The Bertz CT molecular complexity index is 731. The Morgan fingerprint density at radius 3 is 2.57 bits per heavy atom. The number of aromatic nitrogens is 2. The van der Waals surface area contributed by atoms with Crippen molar-refractivity contribution in [3.8, 4) is 12.1 Å². The number of carbonyl (C=O) groups excluding carboxylic acids is 1. The normalized spacial score (nSPS) is 9.67. The number of nitriles is 2. The summed E-state index contributed by atoms with van der Waals surface area (Å²) < 4.78 is 1.36. The molecule has 6 nitrogen and oxygen atoms in total. The van der Waals surface area contributed by atoms with Crippen LogP contribution in [0.1, 0.15) is 23.9 Å². The zero-order valence-corrected chi connectivity index (χ0v) is 11.5. The molecule has 1 aromatic carbocycles. The maximum atomic E-state index is 12.0. The molecule has 6 heteroatoms. The Hall–Kier alpha value is -3.12. The Labute approximate surface area is 122 Å². The molecule has 2 rings (SSSR count). The van der Waals surface area contributed by atoms with Crippen molar-refractivity contribution in [2.24, 2.45) is 0 Å². The first-order chi connectivity index (χ1) is 10.2. The first kappa shape index (κ1) is 14.3. The first-order valence-corrected chi connectivity index (χ1v) is 6.42. The van der Waals surface area contributed by atoms with Crippen molar-refractivity contribution in [1.29, 1.82) is 10.5 Å². The molecule has 1 N–H and O–H groups in total. The molecule has 1 aromatic heterocycles. The van der Waals surface area contributed by atoms with Gasteiger partial charge in [0.05, 0.1) is 6.33 Å². The summed E-state index contributed by atoms with van der Waals surface area (Å²) in [4.78, 5) is 15.7. The zero-order valence-electron chi connectivity index (χ0n) is 11.5. The number of aryl methyl sites for hydroxylation is 1. The van der Waals surface area contributed by atoms with Gasteiger partial charge in [-0.05, 0) is 24.1 Å². The van der Waals surface area contributed by atoms with E-state index in [4.69, 9.17) is 10.5 Å². The van der Waals surface area contributed by atoms with Crippen LogP contribution in [-0.4, -0.2) is 15.5 Å². The van der Waals surface area contributed by atoms with Crippen LogP contribution in [0.3, 0.4) is 0 Å². The summed E-state index contributed by atoms with van der Waals surface area (Å²) >= 11 is 0. The average Bonchev–Trinajstić information content (AvgIpc) is 2.89. The molecular weight excluding hydrogens is 266 g/mol. The highest BCUT2D eigenvalue weighted by Crippen LogP contribution is 2.11. The number of hydrogen-bond acceptors (Lipinski definition) is 4. The van der Waals surface area contributed by atoms with Crippen LogP contribution in [0.5, 0.6) is 0 Å². The van der Waals surface area contributed by atoms with Gasteiger partial charge in [-0.15, -0.1) is 0 Å². The number of nitrogens with zero attached hydrogens (tertiary/aromatic N) is 4. The predicted molar refractivity (Wildman–Crippen MR) is 76.1 cm³/mol. The topological polar surface area (TPSA) is 94.5 Å². The Balaban J connectivity index is 2.07. The van der Waals surface area contributed by atoms with E-state index in [2.05, 4.69) is 17.2 Å².